The van der Waals surface area contributed by atoms with Crippen molar-refractivity contribution in [2.75, 3.05) is 26.7 Å². The largest absolute Gasteiger partial charge is 0.419 e. The highest BCUT2D eigenvalue weighted by Gasteiger charge is 2.38. The molecule has 1 N–H and O–H groups in total. The second-order valence-corrected chi connectivity index (χ2v) is 7.91. The number of nitrogens with one attached hydrogen (secondary N) is 1. The molecule has 1 saturated heterocycles. The quantitative estimate of drug-likeness (QED) is 0.814. The third-order valence-electron chi connectivity index (χ3n) is 4.33. The number of H-pyrrole nitrogens is 1. The second kappa shape index (κ2) is 6.63. The second-order valence-electron chi connectivity index (χ2n) is 5.97. The molecule has 0 radical (unpaired) electrons. The van der Waals surface area contributed by atoms with E-state index in [0.29, 0.717) is 24.5 Å². The van der Waals surface area contributed by atoms with Gasteiger partial charge >= 0.3 is 6.18 Å². The van der Waals surface area contributed by atoms with E-state index in [1.807, 2.05) is 4.90 Å². The van der Waals surface area contributed by atoms with Gasteiger partial charge in [-0.25, -0.2) is 17.8 Å². The molecule has 142 valence electrons. The average Bonchev–Trinajstić information content (AvgIpc) is 3.08. The number of rotatable bonds is 3. The molecule has 0 bridgehead atoms. The first kappa shape index (κ1) is 18.8. The Kier molecular flexibility index (Phi) is 4.80. The summed E-state index contributed by atoms with van der Waals surface area (Å²) in [4.78, 5) is 8.34. The molecule has 0 spiro atoms. The zero-order valence-electron chi connectivity index (χ0n) is 13.7. The van der Waals surface area contributed by atoms with Gasteiger partial charge < -0.3 is 4.98 Å². The number of sulfonamides is 1. The molecule has 1 atom stereocenters. The molecule has 6 nitrogen and oxygen atoms in total. The monoisotopic (exact) mass is 392 g/mol. The molecular formula is C15H16F4N4O2S. The molecule has 0 saturated carbocycles. The predicted molar refractivity (Wildman–Crippen MR) is 84.1 cm³/mol. The van der Waals surface area contributed by atoms with E-state index in [9.17, 15) is 26.0 Å². The number of nitrogens with zero attached hydrogens (tertiary/aromatic N) is 3. The molecule has 2 heterocycles. The van der Waals surface area contributed by atoms with E-state index in [1.54, 1.807) is 13.2 Å². The molecule has 1 aromatic carbocycles. The van der Waals surface area contributed by atoms with Gasteiger partial charge in [0.1, 0.15) is 11.6 Å². The lowest BCUT2D eigenvalue weighted by molar-refractivity contribution is -0.140. The van der Waals surface area contributed by atoms with Gasteiger partial charge in [0, 0.05) is 32.0 Å². The Labute approximate surface area is 147 Å². The number of hydrogen-bond acceptors (Lipinski definition) is 4. The number of imidazole rings is 1. The average molecular weight is 392 g/mol. The fourth-order valence-electron chi connectivity index (χ4n) is 2.85. The van der Waals surface area contributed by atoms with Crippen LogP contribution in [-0.4, -0.2) is 54.3 Å². The minimum absolute atomic E-state index is 0.0189. The molecular weight excluding hydrogens is 376 g/mol. The third-order valence-corrected chi connectivity index (χ3v) is 6.19. The molecule has 1 aromatic heterocycles. The first-order valence-electron chi connectivity index (χ1n) is 7.67. The lowest BCUT2D eigenvalue weighted by atomic mass is 10.2. The van der Waals surface area contributed by atoms with Gasteiger partial charge in [0.05, 0.1) is 16.5 Å². The van der Waals surface area contributed by atoms with Crippen LogP contribution in [0, 0.1) is 5.82 Å². The van der Waals surface area contributed by atoms with E-state index in [4.69, 9.17) is 0 Å². The van der Waals surface area contributed by atoms with Crippen molar-refractivity contribution < 1.29 is 26.0 Å². The fraction of sp³-hybridized carbons (Fsp3) is 0.400. The smallest absolute Gasteiger partial charge is 0.347 e. The van der Waals surface area contributed by atoms with E-state index in [1.165, 1.54) is 6.20 Å². The van der Waals surface area contributed by atoms with Gasteiger partial charge in [-0.3, -0.25) is 4.90 Å². The number of aromatic amines is 1. The van der Waals surface area contributed by atoms with E-state index < -0.39 is 32.5 Å². The van der Waals surface area contributed by atoms with Crippen LogP contribution in [0.2, 0.25) is 0 Å². The summed E-state index contributed by atoms with van der Waals surface area (Å²) in [5, 5.41) is 0. The molecule has 1 unspecified atom stereocenters. The van der Waals surface area contributed by atoms with Crippen molar-refractivity contribution in [1.29, 1.82) is 0 Å². The summed E-state index contributed by atoms with van der Waals surface area (Å²) in [6, 6.07) is 1.34. The molecule has 1 aliphatic heterocycles. The topological polar surface area (TPSA) is 69.3 Å². The van der Waals surface area contributed by atoms with Crippen molar-refractivity contribution in [2.24, 2.45) is 0 Å². The lowest BCUT2D eigenvalue weighted by Crippen LogP contribution is -2.49. The van der Waals surface area contributed by atoms with Gasteiger partial charge in [0.15, 0.2) is 0 Å². The zero-order chi connectivity index (χ0) is 19.1. The lowest BCUT2D eigenvalue weighted by Gasteiger charge is -2.37. The summed E-state index contributed by atoms with van der Waals surface area (Å²) in [6.07, 6.45) is -1.84. The number of alkyl halides is 3. The van der Waals surface area contributed by atoms with Crippen LogP contribution in [0.25, 0.3) is 0 Å². The van der Waals surface area contributed by atoms with Gasteiger partial charge in [-0.2, -0.15) is 17.5 Å². The van der Waals surface area contributed by atoms with Crippen LogP contribution in [0.4, 0.5) is 17.6 Å². The van der Waals surface area contributed by atoms with Crippen LogP contribution in [0.5, 0.6) is 0 Å². The maximum Gasteiger partial charge on any atom is 0.419 e. The van der Waals surface area contributed by atoms with E-state index in [-0.39, 0.29) is 19.1 Å². The van der Waals surface area contributed by atoms with Crippen molar-refractivity contribution in [1.82, 2.24) is 19.2 Å². The van der Waals surface area contributed by atoms with E-state index in [0.717, 1.165) is 10.4 Å². The Balaban J connectivity index is 1.93. The molecule has 26 heavy (non-hydrogen) atoms. The Bertz CT molecular complexity index is 884. The van der Waals surface area contributed by atoms with Gasteiger partial charge in [-0.05, 0) is 25.2 Å². The highest BCUT2D eigenvalue weighted by atomic mass is 32.2. The van der Waals surface area contributed by atoms with Crippen LogP contribution in [-0.2, 0) is 16.2 Å². The summed E-state index contributed by atoms with van der Waals surface area (Å²) in [5.41, 5.74) is -1.60. The van der Waals surface area contributed by atoms with Gasteiger partial charge in [-0.1, -0.05) is 0 Å². The normalized spacial score (nSPS) is 20.4. The van der Waals surface area contributed by atoms with Crippen LogP contribution in [0.15, 0.2) is 35.5 Å². The molecule has 1 fully saturated rings. The van der Waals surface area contributed by atoms with E-state index in [2.05, 4.69) is 9.97 Å². The van der Waals surface area contributed by atoms with E-state index >= 15 is 0 Å². The van der Waals surface area contributed by atoms with Crippen LogP contribution in [0.1, 0.15) is 17.4 Å². The van der Waals surface area contributed by atoms with Crippen molar-refractivity contribution in [3.05, 3.63) is 47.8 Å². The van der Waals surface area contributed by atoms with Gasteiger partial charge in [0.2, 0.25) is 10.0 Å². The number of benzene rings is 1. The number of aromatic nitrogens is 2. The van der Waals surface area contributed by atoms with Gasteiger partial charge in [-0.15, -0.1) is 0 Å². The van der Waals surface area contributed by atoms with Crippen molar-refractivity contribution in [3.63, 3.8) is 0 Å². The highest BCUT2D eigenvalue weighted by Crippen LogP contribution is 2.34. The zero-order valence-corrected chi connectivity index (χ0v) is 14.5. The minimum Gasteiger partial charge on any atom is -0.347 e. The summed E-state index contributed by atoms with van der Waals surface area (Å²) in [5.74, 6) is -0.953. The van der Waals surface area contributed by atoms with Crippen LogP contribution < -0.4 is 0 Å². The molecule has 1 aliphatic rings. The predicted octanol–water partition coefficient (Wildman–Crippen LogP) is 2.25. The summed E-state index contributed by atoms with van der Waals surface area (Å²) in [7, 11) is -2.41. The molecule has 2 aromatic rings. The van der Waals surface area contributed by atoms with Crippen LogP contribution in [0.3, 0.4) is 0 Å². The van der Waals surface area contributed by atoms with Crippen molar-refractivity contribution >= 4 is 10.0 Å². The van der Waals surface area contributed by atoms with Crippen molar-refractivity contribution in [3.8, 4) is 0 Å². The third kappa shape index (κ3) is 3.46. The number of halogens is 4. The standard InChI is InChI=1S/C15H16F4N4O2S/c1-22-6-7-23(9-13(22)14-20-4-5-21-14)26(24,25)10-2-3-12(16)11(8-10)15(17,18)19/h2-5,8,13H,6-7,9H2,1H3,(H,20,21). The number of piperazine rings is 1. The first-order valence-corrected chi connectivity index (χ1v) is 9.11. The fourth-order valence-corrected chi connectivity index (χ4v) is 4.32. The SMILES string of the molecule is CN1CCN(S(=O)(=O)c2ccc(F)c(C(F)(F)F)c2)CC1c1ncc[nH]1. The summed E-state index contributed by atoms with van der Waals surface area (Å²) >= 11 is 0. The highest BCUT2D eigenvalue weighted by molar-refractivity contribution is 7.89. The Hall–Kier alpha value is -1.98. The maximum absolute atomic E-state index is 13.4. The number of likely N-dealkylation sites (N-methyl/N-ethyl adjacent to an activating group) is 1. The molecule has 3 rings (SSSR count). The van der Waals surface area contributed by atoms with Crippen LogP contribution >= 0.6 is 0 Å². The Morgan fingerprint density at radius 3 is 2.62 bits per heavy atom. The molecule has 11 heteroatoms. The first-order chi connectivity index (χ1) is 12.1. The maximum atomic E-state index is 13.4. The Morgan fingerprint density at radius 2 is 2.00 bits per heavy atom. The Morgan fingerprint density at radius 1 is 1.27 bits per heavy atom. The minimum atomic E-state index is -4.98. The summed E-state index contributed by atoms with van der Waals surface area (Å²) < 4.78 is 78.8. The van der Waals surface area contributed by atoms with Crippen molar-refractivity contribution in [2.45, 2.75) is 17.1 Å². The molecule has 0 aliphatic carbocycles. The summed E-state index contributed by atoms with van der Waals surface area (Å²) in [6.45, 7) is 0.498. The number of hydrogen-bond donors (Lipinski definition) is 1. The molecule has 0 amide bonds. The van der Waals surface area contributed by atoms with Gasteiger partial charge in [0.25, 0.3) is 0 Å².